The first-order chi connectivity index (χ1) is 9.02. The molecule has 3 nitrogen and oxygen atoms in total. The van der Waals surface area contributed by atoms with E-state index in [-0.39, 0.29) is 5.69 Å². The number of nitrogens with zero attached hydrogens (tertiary/aromatic N) is 2. The van der Waals surface area contributed by atoms with E-state index in [9.17, 15) is 13.2 Å². The van der Waals surface area contributed by atoms with Crippen LogP contribution in [0.15, 0.2) is 36.7 Å². The highest BCUT2D eigenvalue weighted by molar-refractivity contribution is 5.42. The van der Waals surface area contributed by atoms with E-state index >= 15 is 0 Å². The molecule has 0 spiro atoms. The van der Waals surface area contributed by atoms with Crippen LogP contribution < -0.4 is 0 Å². The van der Waals surface area contributed by atoms with Gasteiger partial charge in [-0.1, -0.05) is 12.1 Å². The summed E-state index contributed by atoms with van der Waals surface area (Å²) < 4.78 is 44.8. The van der Waals surface area contributed by atoms with Crippen LogP contribution >= 0.6 is 0 Å². The monoisotopic (exact) mass is 270 g/mol. The number of hydrogen-bond donors (Lipinski definition) is 0. The lowest BCUT2D eigenvalue weighted by atomic mass is 10.1. The van der Waals surface area contributed by atoms with Gasteiger partial charge in [-0.2, -0.15) is 18.3 Å². The van der Waals surface area contributed by atoms with Gasteiger partial charge in [0.15, 0.2) is 0 Å². The molecular formula is C13H13F3N2O. The molecule has 1 heterocycles. The van der Waals surface area contributed by atoms with Gasteiger partial charge in [-0.3, -0.25) is 0 Å². The number of alkyl halides is 3. The second-order valence-electron chi connectivity index (χ2n) is 4.05. The summed E-state index contributed by atoms with van der Waals surface area (Å²) >= 11 is 0. The van der Waals surface area contributed by atoms with Gasteiger partial charge in [-0.05, 0) is 24.1 Å². The molecule has 0 radical (unpaired) electrons. The number of methoxy groups -OCH3 is 1. The summed E-state index contributed by atoms with van der Waals surface area (Å²) in [6.07, 6.45) is -0.643. The third kappa shape index (κ3) is 3.14. The maximum absolute atomic E-state index is 12.9. The zero-order valence-electron chi connectivity index (χ0n) is 10.3. The molecule has 0 unspecified atom stereocenters. The minimum Gasteiger partial charge on any atom is -0.384 e. The number of rotatable bonds is 4. The van der Waals surface area contributed by atoms with Crippen LogP contribution in [-0.2, 0) is 17.3 Å². The maximum Gasteiger partial charge on any atom is 0.418 e. The number of ether oxygens (including phenoxy) is 1. The maximum atomic E-state index is 12.9. The van der Waals surface area contributed by atoms with Crippen LogP contribution in [0.2, 0.25) is 0 Å². The van der Waals surface area contributed by atoms with E-state index < -0.39 is 11.7 Å². The minimum atomic E-state index is -4.39. The van der Waals surface area contributed by atoms with Crippen molar-refractivity contribution in [3.8, 4) is 5.69 Å². The fourth-order valence-electron chi connectivity index (χ4n) is 1.75. The Balaban J connectivity index is 2.34. The van der Waals surface area contributed by atoms with Crippen molar-refractivity contribution in [2.45, 2.75) is 12.6 Å². The topological polar surface area (TPSA) is 27.1 Å². The van der Waals surface area contributed by atoms with Gasteiger partial charge in [0.1, 0.15) is 0 Å². The molecular weight excluding hydrogens is 257 g/mol. The molecule has 2 rings (SSSR count). The quantitative estimate of drug-likeness (QED) is 0.853. The molecule has 0 saturated heterocycles. The van der Waals surface area contributed by atoms with Crippen molar-refractivity contribution >= 4 is 0 Å². The highest BCUT2D eigenvalue weighted by Gasteiger charge is 2.33. The Bertz CT molecular complexity index is 549. The Kier molecular flexibility index (Phi) is 3.90. The molecule has 0 N–H and O–H groups in total. The molecule has 102 valence electrons. The van der Waals surface area contributed by atoms with Gasteiger partial charge in [0.2, 0.25) is 0 Å². The van der Waals surface area contributed by atoms with Crippen molar-refractivity contribution < 1.29 is 17.9 Å². The molecule has 6 heteroatoms. The standard InChI is InChI=1S/C13H13F3N2O/c1-19-7-6-10-8-17-18(9-10)12-5-3-2-4-11(12)13(14,15)16/h2-5,8-9H,6-7H2,1H3. The largest absolute Gasteiger partial charge is 0.418 e. The average molecular weight is 270 g/mol. The Morgan fingerprint density at radius 3 is 2.68 bits per heavy atom. The van der Waals surface area contributed by atoms with Crippen LogP contribution in [0.5, 0.6) is 0 Å². The normalized spacial score (nSPS) is 11.8. The first kappa shape index (κ1) is 13.6. The Morgan fingerprint density at radius 2 is 2.00 bits per heavy atom. The number of para-hydroxylation sites is 1. The van der Waals surface area contributed by atoms with Crippen LogP contribution in [-0.4, -0.2) is 23.5 Å². The van der Waals surface area contributed by atoms with Gasteiger partial charge < -0.3 is 4.74 Å². The number of hydrogen-bond acceptors (Lipinski definition) is 2. The van der Waals surface area contributed by atoms with Gasteiger partial charge in [0, 0.05) is 13.3 Å². The van der Waals surface area contributed by atoms with E-state index in [2.05, 4.69) is 5.10 Å². The van der Waals surface area contributed by atoms with E-state index in [1.165, 1.54) is 16.8 Å². The van der Waals surface area contributed by atoms with Gasteiger partial charge in [0.25, 0.3) is 0 Å². The summed E-state index contributed by atoms with van der Waals surface area (Å²) in [7, 11) is 1.57. The van der Waals surface area contributed by atoms with Gasteiger partial charge >= 0.3 is 6.18 Å². The molecule has 0 saturated carbocycles. The summed E-state index contributed by atoms with van der Waals surface area (Å²) in [4.78, 5) is 0. The van der Waals surface area contributed by atoms with Crippen molar-refractivity contribution in [1.82, 2.24) is 9.78 Å². The van der Waals surface area contributed by atoms with Crippen LogP contribution in [0.1, 0.15) is 11.1 Å². The zero-order chi connectivity index (χ0) is 13.9. The third-order valence-corrected chi connectivity index (χ3v) is 2.69. The molecule has 19 heavy (non-hydrogen) atoms. The zero-order valence-corrected chi connectivity index (χ0v) is 10.3. The molecule has 2 aromatic rings. The number of aromatic nitrogens is 2. The van der Waals surface area contributed by atoms with Crippen LogP contribution in [0.25, 0.3) is 5.69 Å². The fourth-order valence-corrected chi connectivity index (χ4v) is 1.75. The lowest BCUT2D eigenvalue weighted by Crippen LogP contribution is -2.10. The van der Waals surface area contributed by atoms with E-state index in [0.29, 0.717) is 13.0 Å². The first-order valence-electron chi connectivity index (χ1n) is 5.71. The van der Waals surface area contributed by atoms with E-state index in [1.807, 2.05) is 0 Å². The van der Waals surface area contributed by atoms with Crippen LogP contribution in [0.3, 0.4) is 0 Å². The molecule has 1 aromatic heterocycles. The summed E-state index contributed by atoms with van der Waals surface area (Å²) in [5.74, 6) is 0. The van der Waals surface area contributed by atoms with Gasteiger partial charge in [0.05, 0.1) is 24.1 Å². The highest BCUT2D eigenvalue weighted by Crippen LogP contribution is 2.33. The Morgan fingerprint density at radius 1 is 1.26 bits per heavy atom. The lowest BCUT2D eigenvalue weighted by molar-refractivity contribution is -0.137. The van der Waals surface area contributed by atoms with Gasteiger partial charge in [-0.25, -0.2) is 4.68 Å². The van der Waals surface area contributed by atoms with Crippen LogP contribution in [0, 0.1) is 0 Å². The lowest BCUT2D eigenvalue weighted by Gasteiger charge is -2.12. The molecule has 0 fully saturated rings. The molecule has 0 aliphatic rings. The van der Waals surface area contributed by atoms with E-state index in [1.54, 1.807) is 25.6 Å². The summed E-state index contributed by atoms with van der Waals surface area (Å²) in [6.45, 7) is 0.507. The van der Waals surface area contributed by atoms with Crippen LogP contribution in [0.4, 0.5) is 13.2 Å². The van der Waals surface area contributed by atoms with Gasteiger partial charge in [-0.15, -0.1) is 0 Å². The Hall–Kier alpha value is -1.82. The average Bonchev–Trinajstić information content (AvgIpc) is 2.84. The smallest absolute Gasteiger partial charge is 0.384 e. The van der Waals surface area contributed by atoms with Crippen molar-refractivity contribution in [3.05, 3.63) is 47.8 Å². The molecule has 1 aromatic carbocycles. The summed E-state index contributed by atoms with van der Waals surface area (Å²) in [5, 5.41) is 3.97. The van der Waals surface area contributed by atoms with E-state index in [4.69, 9.17) is 4.74 Å². The SMILES string of the molecule is COCCc1cnn(-c2ccccc2C(F)(F)F)c1. The molecule has 0 aliphatic heterocycles. The minimum absolute atomic E-state index is 0.0265. The second kappa shape index (κ2) is 5.44. The van der Waals surface area contributed by atoms with Crippen molar-refractivity contribution in [2.24, 2.45) is 0 Å². The van der Waals surface area contributed by atoms with Crippen molar-refractivity contribution in [1.29, 1.82) is 0 Å². The predicted molar refractivity (Wildman–Crippen MR) is 64.1 cm³/mol. The summed E-state index contributed by atoms with van der Waals surface area (Å²) in [6, 6.07) is 5.37. The number of benzene rings is 1. The molecule has 0 amide bonds. The molecule has 0 atom stereocenters. The van der Waals surface area contributed by atoms with Crippen molar-refractivity contribution in [2.75, 3.05) is 13.7 Å². The second-order valence-corrected chi connectivity index (χ2v) is 4.05. The number of halogens is 3. The first-order valence-corrected chi connectivity index (χ1v) is 5.71. The van der Waals surface area contributed by atoms with E-state index in [0.717, 1.165) is 11.6 Å². The predicted octanol–water partition coefficient (Wildman–Crippen LogP) is 3.08. The molecule has 0 aliphatic carbocycles. The summed E-state index contributed by atoms with van der Waals surface area (Å²) in [5.41, 5.74) is 0.161. The highest BCUT2D eigenvalue weighted by atomic mass is 19.4. The molecule has 0 bridgehead atoms. The Labute approximate surface area is 108 Å². The van der Waals surface area contributed by atoms with Crippen molar-refractivity contribution in [3.63, 3.8) is 0 Å². The fraction of sp³-hybridized carbons (Fsp3) is 0.308. The third-order valence-electron chi connectivity index (χ3n) is 2.69.